The number of ether oxygens (including phenoxy) is 3. The highest BCUT2D eigenvalue weighted by Gasteiger charge is 2.23. The molecule has 0 aromatic heterocycles. The number of hydrogen-bond acceptors (Lipinski definition) is 5. The molecule has 6 heteroatoms. The molecule has 1 fully saturated rings. The fourth-order valence-corrected chi connectivity index (χ4v) is 3.60. The number of nitrogens with one attached hydrogen (secondary N) is 1. The van der Waals surface area contributed by atoms with E-state index in [2.05, 4.69) is 22.3 Å². The maximum Gasteiger partial charge on any atom is 0.258 e. The van der Waals surface area contributed by atoms with Crippen molar-refractivity contribution in [3.8, 4) is 11.5 Å². The van der Waals surface area contributed by atoms with Crippen LogP contribution in [0.4, 0.5) is 0 Å². The fraction of sp³-hybridized carbons (Fsp3) is 0.435. The number of benzene rings is 2. The zero-order chi connectivity index (χ0) is 20.6. The molecule has 3 rings (SSSR count). The van der Waals surface area contributed by atoms with Crippen molar-refractivity contribution in [2.24, 2.45) is 0 Å². The normalized spacial score (nSPS) is 15.6. The van der Waals surface area contributed by atoms with Gasteiger partial charge in [0.05, 0.1) is 26.4 Å². The van der Waals surface area contributed by atoms with Crippen LogP contribution in [-0.4, -0.2) is 57.4 Å². The molecule has 1 atom stereocenters. The van der Waals surface area contributed by atoms with E-state index in [1.807, 2.05) is 44.2 Å². The van der Waals surface area contributed by atoms with Gasteiger partial charge in [-0.15, -0.1) is 0 Å². The first kappa shape index (κ1) is 21.1. The maximum absolute atomic E-state index is 12.5. The first-order valence-corrected chi connectivity index (χ1v) is 10.00. The summed E-state index contributed by atoms with van der Waals surface area (Å²) in [6.07, 6.45) is 0. The summed E-state index contributed by atoms with van der Waals surface area (Å²) in [7, 11) is 1.66. The van der Waals surface area contributed by atoms with Crippen molar-refractivity contribution in [2.75, 3.05) is 46.6 Å². The van der Waals surface area contributed by atoms with Gasteiger partial charge in [0.25, 0.3) is 5.91 Å². The minimum absolute atomic E-state index is 0.00410. The van der Waals surface area contributed by atoms with E-state index < -0.39 is 0 Å². The number of morpholine rings is 1. The van der Waals surface area contributed by atoms with Gasteiger partial charge >= 0.3 is 0 Å². The fourth-order valence-electron chi connectivity index (χ4n) is 3.60. The monoisotopic (exact) mass is 398 g/mol. The van der Waals surface area contributed by atoms with Gasteiger partial charge in [0.15, 0.2) is 6.61 Å². The van der Waals surface area contributed by atoms with Gasteiger partial charge in [-0.25, -0.2) is 0 Å². The summed E-state index contributed by atoms with van der Waals surface area (Å²) in [5.41, 5.74) is 3.20. The highest BCUT2D eigenvalue weighted by atomic mass is 16.5. The van der Waals surface area contributed by atoms with E-state index in [0.29, 0.717) is 19.8 Å². The molecular formula is C23H30N2O4. The van der Waals surface area contributed by atoms with E-state index >= 15 is 0 Å². The molecule has 2 aromatic rings. The molecule has 1 saturated heterocycles. The van der Waals surface area contributed by atoms with Crippen LogP contribution in [0.2, 0.25) is 0 Å². The van der Waals surface area contributed by atoms with Crippen molar-refractivity contribution >= 4 is 5.91 Å². The molecule has 0 aliphatic carbocycles. The molecule has 1 aliphatic rings. The Balaban J connectivity index is 1.61. The lowest BCUT2D eigenvalue weighted by molar-refractivity contribution is -0.123. The third-order valence-corrected chi connectivity index (χ3v) is 5.24. The quantitative estimate of drug-likeness (QED) is 0.741. The molecule has 1 aliphatic heterocycles. The van der Waals surface area contributed by atoms with Crippen LogP contribution in [0.15, 0.2) is 42.5 Å². The van der Waals surface area contributed by atoms with Crippen molar-refractivity contribution < 1.29 is 19.0 Å². The van der Waals surface area contributed by atoms with Crippen molar-refractivity contribution in [1.82, 2.24) is 10.2 Å². The molecule has 29 heavy (non-hydrogen) atoms. The molecule has 0 radical (unpaired) electrons. The van der Waals surface area contributed by atoms with Crippen molar-refractivity contribution in [1.29, 1.82) is 0 Å². The van der Waals surface area contributed by atoms with Crippen LogP contribution in [0.1, 0.15) is 22.7 Å². The molecule has 0 bridgehead atoms. The second kappa shape index (κ2) is 10.3. The summed E-state index contributed by atoms with van der Waals surface area (Å²) < 4.78 is 16.5. The van der Waals surface area contributed by atoms with Crippen LogP contribution in [0.5, 0.6) is 11.5 Å². The molecule has 6 nitrogen and oxygen atoms in total. The van der Waals surface area contributed by atoms with E-state index in [1.54, 1.807) is 7.11 Å². The highest BCUT2D eigenvalue weighted by molar-refractivity contribution is 5.77. The Hall–Kier alpha value is -2.57. The summed E-state index contributed by atoms with van der Waals surface area (Å²) in [6.45, 7) is 7.58. The summed E-state index contributed by atoms with van der Waals surface area (Å²) in [5.74, 6) is 1.47. The van der Waals surface area contributed by atoms with Crippen LogP contribution in [0.3, 0.4) is 0 Å². The van der Waals surface area contributed by atoms with Crippen LogP contribution in [-0.2, 0) is 9.53 Å². The van der Waals surface area contributed by atoms with Gasteiger partial charge in [-0.2, -0.15) is 0 Å². The Morgan fingerprint density at radius 3 is 2.38 bits per heavy atom. The maximum atomic E-state index is 12.5. The van der Waals surface area contributed by atoms with Crippen molar-refractivity contribution in [2.45, 2.75) is 19.9 Å². The largest absolute Gasteiger partial charge is 0.497 e. The Morgan fingerprint density at radius 2 is 1.76 bits per heavy atom. The molecule has 1 N–H and O–H groups in total. The number of aryl methyl sites for hydroxylation is 2. The lowest BCUT2D eigenvalue weighted by Crippen LogP contribution is -2.44. The first-order chi connectivity index (χ1) is 14.1. The van der Waals surface area contributed by atoms with Gasteiger partial charge in [0.2, 0.25) is 0 Å². The number of carbonyl (C=O) groups is 1. The topological polar surface area (TPSA) is 60.0 Å². The number of rotatable bonds is 8. The molecule has 2 aromatic carbocycles. The molecular weight excluding hydrogens is 368 g/mol. The van der Waals surface area contributed by atoms with Crippen molar-refractivity contribution in [3.63, 3.8) is 0 Å². The smallest absolute Gasteiger partial charge is 0.258 e. The summed E-state index contributed by atoms with van der Waals surface area (Å²) >= 11 is 0. The number of hydrogen-bond donors (Lipinski definition) is 1. The molecule has 1 heterocycles. The molecule has 0 saturated carbocycles. The van der Waals surface area contributed by atoms with Gasteiger partial charge in [-0.1, -0.05) is 30.3 Å². The summed E-state index contributed by atoms with van der Waals surface area (Å²) in [5, 5.41) is 3.04. The average molecular weight is 399 g/mol. The Labute approximate surface area is 172 Å². The van der Waals surface area contributed by atoms with E-state index in [9.17, 15) is 4.79 Å². The minimum Gasteiger partial charge on any atom is -0.497 e. The molecule has 156 valence electrons. The number of methoxy groups -OCH3 is 1. The number of carbonyl (C=O) groups excluding carboxylic acids is 1. The Kier molecular flexibility index (Phi) is 7.49. The van der Waals surface area contributed by atoms with Gasteiger partial charge in [-0.05, 0) is 42.7 Å². The van der Waals surface area contributed by atoms with Gasteiger partial charge < -0.3 is 19.5 Å². The number of nitrogens with zero attached hydrogens (tertiary/aromatic N) is 1. The first-order valence-electron chi connectivity index (χ1n) is 10.00. The second-order valence-electron chi connectivity index (χ2n) is 7.25. The average Bonchev–Trinajstić information content (AvgIpc) is 2.75. The molecule has 0 spiro atoms. The lowest BCUT2D eigenvalue weighted by atomic mass is 10.0. The van der Waals surface area contributed by atoms with Crippen LogP contribution >= 0.6 is 0 Å². The standard InChI is InChI=1S/C23H30N2O4/c1-17-5-4-6-18(2)23(17)29-16-22(26)24-15-21(25-11-13-28-14-12-25)19-7-9-20(27-3)10-8-19/h4-10,21H,11-16H2,1-3H3,(H,24,26). The number of amides is 1. The predicted molar refractivity (Wildman–Crippen MR) is 113 cm³/mol. The van der Waals surface area contributed by atoms with Gasteiger partial charge in [-0.3, -0.25) is 9.69 Å². The third-order valence-electron chi connectivity index (χ3n) is 5.24. The molecule has 1 amide bonds. The third kappa shape index (κ3) is 5.71. The van der Waals surface area contributed by atoms with Crippen LogP contribution < -0.4 is 14.8 Å². The van der Waals surface area contributed by atoms with Gasteiger partial charge in [0.1, 0.15) is 11.5 Å². The predicted octanol–water partition coefficient (Wildman–Crippen LogP) is 2.88. The zero-order valence-electron chi connectivity index (χ0n) is 17.4. The lowest BCUT2D eigenvalue weighted by Gasteiger charge is -2.35. The Morgan fingerprint density at radius 1 is 1.10 bits per heavy atom. The van der Waals surface area contributed by atoms with Crippen LogP contribution in [0, 0.1) is 13.8 Å². The highest BCUT2D eigenvalue weighted by Crippen LogP contribution is 2.24. The van der Waals surface area contributed by atoms with E-state index in [0.717, 1.165) is 41.3 Å². The van der Waals surface area contributed by atoms with Crippen molar-refractivity contribution in [3.05, 3.63) is 59.2 Å². The van der Waals surface area contributed by atoms with E-state index in [-0.39, 0.29) is 18.6 Å². The molecule has 1 unspecified atom stereocenters. The van der Waals surface area contributed by atoms with Gasteiger partial charge in [0, 0.05) is 19.6 Å². The number of para-hydroxylation sites is 1. The SMILES string of the molecule is COc1ccc(C(CNC(=O)COc2c(C)cccc2C)N2CCOCC2)cc1. The zero-order valence-corrected chi connectivity index (χ0v) is 17.4. The minimum atomic E-state index is -0.126. The Bertz CT molecular complexity index is 781. The van der Waals surface area contributed by atoms with E-state index in [1.165, 1.54) is 0 Å². The second-order valence-corrected chi connectivity index (χ2v) is 7.25. The summed E-state index contributed by atoms with van der Waals surface area (Å²) in [4.78, 5) is 14.8. The van der Waals surface area contributed by atoms with E-state index in [4.69, 9.17) is 14.2 Å². The summed E-state index contributed by atoms with van der Waals surface area (Å²) in [6, 6.07) is 14.0. The van der Waals surface area contributed by atoms with Crippen LogP contribution in [0.25, 0.3) is 0 Å².